The van der Waals surface area contributed by atoms with Gasteiger partial charge in [-0.3, -0.25) is 4.79 Å². The van der Waals surface area contributed by atoms with Gasteiger partial charge in [0.25, 0.3) is 0 Å². The lowest BCUT2D eigenvalue weighted by Gasteiger charge is -2.18. The summed E-state index contributed by atoms with van der Waals surface area (Å²) in [5.74, 6) is -0.115. The van der Waals surface area contributed by atoms with E-state index in [-0.39, 0.29) is 11.8 Å². The van der Waals surface area contributed by atoms with Crippen molar-refractivity contribution in [3.63, 3.8) is 0 Å². The van der Waals surface area contributed by atoms with Gasteiger partial charge in [-0.2, -0.15) is 5.26 Å². The van der Waals surface area contributed by atoms with Gasteiger partial charge in [-0.05, 0) is 18.4 Å². The number of amides is 1. The highest BCUT2D eigenvalue weighted by atomic mass is 32.2. The molecule has 2 rings (SSSR count). The molecule has 0 aromatic heterocycles. The molecule has 1 aliphatic rings. The first-order chi connectivity index (χ1) is 7.76. The van der Waals surface area contributed by atoms with Crippen molar-refractivity contribution < 1.29 is 4.79 Å². The molecule has 4 heteroatoms. The van der Waals surface area contributed by atoms with Crippen molar-refractivity contribution in [1.29, 1.82) is 5.26 Å². The number of hydrogen-bond acceptors (Lipinski definition) is 3. The smallest absolute Gasteiger partial charge is 0.228 e. The fourth-order valence-corrected chi connectivity index (χ4v) is 2.48. The molecule has 1 aliphatic heterocycles. The molecule has 82 valence electrons. The number of rotatable bonds is 2. The van der Waals surface area contributed by atoms with Crippen LogP contribution in [-0.4, -0.2) is 18.7 Å². The molecule has 0 radical (unpaired) electrons. The Morgan fingerprint density at radius 2 is 2.25 bits per heavy atom. The Morgan fingerprint density at radius 3 is 2.88 bits per heavy atom. The van der Waals surface area contributed by atoms with Gasteiger partial charge in [0.05, 0.1) is 17.7 Å². The summed E-state index contributed by atoms with van der Waals surface area (Å²) < 4.78 is 0. The third kappa shape index (κ3) is 1.91. The van der Waals surface area contributed by atoms with Gasteiger partial charge in [-0.25, -0.2) is 0 Å². The summed E-state index contributed by atoms with van der Waals surface area (Å²) in [4.78, 5) is 14.6. The molecule has 0 saturated carbocycles. The second-order valence-corrected chi connectivity index (χ2v) is 4.55. The van der Waals surface area contributed by atoms with Crippen LogP contribution in [0.5, 0.6) is 0 Å². The van der Waals surface area contributed by atoms with E-state index in [1.807, 2.05) is 30.5 Å². The lowest BCUT2D eigenvalue weighted by Crippen LogP contribution is -2.24. The maximum atomic E-state index is 11.8. The maximum absolute atomic E-state index is 11.8. The molecule has 0 aliphatic carbocycles. The fraction of sp³-hybridized carbons (Fsp3) is 0.333. The maximum Gasteiger partial charge on any atom is 0.228 e. The minimum Gasteiger partial charge on any atom is -0.310 e. The Labute approximate surface area is 99.1 Å². The van der Waals surface area contributed by atoms with Crippen LogP contribution in [0.1, 0.15) is 6.42 Å². The van der Waals surface area contributed by atoms with E-state index in [1.165, 1.54) is 0 Å². The zero-order valence-electron chi connectivity index (χ0n) is 9.01. The Hall–Kier alpha value is -1.47. The van der Waals surface area contributed by atoms with Crippen LogP contribution in [0.3, 0.4) is 0 Å². The molecule has 0 bridgehead atoms. The van der Waals surface area contributed by atoms with Gasteiger partial charge in [0.15, 0.2) is 0 Å². The van der Waals surface area contributed by atoms with Crippen molar-refractivity contribution in [3.05, 3.63) is 24.3 Å². The van der Waals surface area contributed by atoms with Crippen LogP contribution in [0.4, 0.5) is 5.69 Å². The van der Waals surface area contributed by atoms with Crippen molar-refractivity contribution in [1.82, 2.24) is 0 Å². The standard InChI is InChI=1S/C12H12N2OS/c1-16-11-5-3-2-4-10(11)14-8-9(7-13)6-12(14)15/h2-5,9H,6,8H2,1H3. The Balaban J connectivity index is 2.31. The van der Waals surface area contributed by atoms with Crippen LogP contribution in [-0.2, 0) is 4.79 Å². The average Bonchev–Trinajstić information content (AvgIpc) is 2.70. The van der Waals surface area contributed by atoms with Gasteiger partial charge in [0.1, 0.15) is 0 Å². The minimum atomic E-state index is -0.164. The molecular formula is C12H12N2OS. The monoisotopic (exact) mass is 232 g/mol. The molecule has 1 saturated heterocycles. The fourth-order valence-electron chi connectivity index (χ4n) is 1.88. The molecule has 1 amide bonds. The Kier molecular flexibility index (Phi) is 3.16. The minimum absolute atomic E-state index is 0.0491. The first kappa shape index (κ1) is 11.0. The van der Waals surface area contributed by atoms with Gasteiger partial charge >= 0.3 is 0 Å². The quantitative estimate of drug-likeness (QED) is 0.735. The zero-order valence-corrected chi connectivity index (χ0v) is 9.83. The molecule has 1 aromatic carbocycles. The molecule has 1 unspecified atom stereocenters. The van der Waals surface area contributed by atoms with Crippen molar-refractivity contribution in [3.8, 4) is 6.07 Å². The van der Waals surface area contributed by atoms with Crippen LogP contribution in [0, 0.1) is 17.2 Å². The average molecular weight is 232 g/mol. The van der Waals surface area contributed by atoms with Gasteiger partial charge < -0.3 is 4.90 Å². The van der Waals surface area contributed by atoms with Crippen LogP contribution in [0.15, 0.2) is 29.2 Å². The zero-order chi connectivity index (χ0) is 11.5. The summed E-state index contributed by atoms with van der Waals surface area (Å²) in [7, 11) is 0. The van der Waals surface area contributed by atoms with E-state index in [2.05, 4.69) is 6.07 Å². The molecule has 1 heterocycles. The summed E-state index contributed by atoms with van der Waals surface area (Å²) in [6.45, 7) is 0.521. The highest BCUT2D eigenvalue weighted by molar-refractivity contribution is 7.98. The first-order valence-corrected chi connectivity index (χ1v) is 6.31. The lowest BCUT2D eigenvalue weighted by molar-refractivity contribution is -0.117. The normalized spacial score (nSPS) is 19.9. The summed E-state index contributed by atoms with van der Waals surface area (Å²) >= 11 is 1.62. The number of carbonyl (C=O) groups is 1. The third-order valence-electron chi connectivity index (χ3n) is 2.68. The molecule has 1 atom stereocenters. The largest absolute Gasteiger partial charge is 0.310 e. The van der Waals surface area contributed by atoms with Crippen molar-refractivity contribution in [2.45, 2.75) is 11.3 Å². The predicted molar refractivity (Wildman–Crippen MR) is 64.3 cm³/mol. The second-order valence-electron chi connectivity index (χ2n) is 3.71. The number of thioether (sulfide) groups is 1. The molecular weight excluding hydrogens is 220 g/mol. The van der Waals surface area contributed by atoms with Gasteiger partial charge in [0.2, 0.25) is 5.91 Å². The van der Waals surface area contributed by atoms with Crippen LogP contribution in [0.2, 0.25) is 0 Å². The number of nitriles is 1. The van der Waals surface area contributed by atoms with Crippen LogP contribution in [0.25, 0.3) is 0 Å². The first-order valence-electron chi connectivity index (χ1n) is 5.09. The van der Waals surface area contributed by atoms with E-state index >= 15 is 0 Å². The highest BCUT2D eigenvalue weighted by Crippen LogP contribution is 2.32. The molecule has 0 spiro atoms. The van der Waals surface area contributed by atoms with E-state index in [9.17, 15) is 4.79 Å². The van der Waals surface area contributed by atoms with Crippen molar-refractivity contribution >= 4 is 23.4 Å². The molecule has 3 nitrogen and oxygen atoms in total. The summed E-state index contributed by atoms with van der Waals surface area (Å²) in [5.41, 5.74) is 0.928. The van der Waals surface area contributed by atoms with E-state index in [1.54, 1.807) is 16.7 Å². The number of carbonyl (C=O) groups excluding carboxylic acids is 1. The number of anilines is 1. The second kappa shape index (κ2) is 4.58. The third-order valence-corrected chi connectivity index (χ3v) is 3.47. The van der Waals surface area contributed by atoms with Crippen molar-refractivity contribution in [2.75, 3.05) is 17.7 Å². The van der Waals surface area contributed by atoms with E-state index in [0.717, 1.165) is 10.6 Å². The Morgan fingerprint density at radius 1 is 1.50 bits per heavy atom. The van der Waals surface area contributed by atoms with Crippen molar-refractivity contribution in [2.24, 2.45) is 5.92 Å². The topological polar surface area (TPSA) is 44.1 Å². The van der Waals surface area contributed by atoms with E-state index < -0.39 is 0 Å². The number of nitrogens with zero attached hydrogens (tertiary/aromatic N) is 2. The number of para-hydroxylation sites is 1. The van der Waals surface area contributed by atoms with Gasteiger partial charge in [0, 0.05) is 17.9 Å². The van der Waals surface area contributed by atoms with Crippen LogP contribution >= 0.6 is 11.8 Å². The molecule has 0 N–H and O–H groups in total. The van der Waals surface area contributed by atoms with E-state index in [4.69, 9.17) is 5.26 Å². The summed E-state index contributed by atoms with van der Waals surface area (Å²) in [6, 6.07) is 9.96. The molecule has 1 aromatic rings. The van der Waals surface area contributed by atoms with E-state index in [0.29, 0.717) is 13.0 Å². The number of benzene rings is 1. The SMILES string of the molecule is CSc1ccccc1N1CC(C#N)CC1=O. The van der Waals surface area contributed by atoms with Crippen LogP contribution < -0.4 is 4.90 Å². The van der Waals surface area contributed by atoms with Gasteiger partial charge in [-0.1, -0.05) is 12.1 Å². The molecule has 1 fully saturated rings. The predicted octanol–water partition coefficient (Wildman–Crippen LogP) is 2.28. The lowest BCUT2D eigenvalue weighted by atomic mass is 10.1. The van der Waals surface area contributed by atoms with Gasteiger partial charge in [-0.15, -0.1) is 11.8 Å². The highest BCUT2D eigenvalue weighted by Gasteiger charge is 2.31. The molecule has 16 heavy (non-hydrogen) atoms. The Bertz CT molecular complexity index is 453. The number of hydrogen-bond donors (Lipinski definition) is 0. The summed E-state index contributed by atoms with van der Waals surface area (Å²) in [6.07, 6.45) is 2.33. The summed E-state index contributed by atoms with van der Waals surface area (Å²) in [5, 5.41) is 8.84.